The number of carbonyl (C=O) groups is 1. The predicted octanol–water partition coefficient (Wildman–Crippen LogP) is 2.74. The number of rotatable bonds is 4. The average Bonchev–Trinajstić information content (AvgIpc) is 2.48. The fourth-order valence-electron chi connectivity index (χ4n) is 2.00. The summed E-state index contributed by atoms with van der Waals surface area (Å²) in [5.74, 6) is 0.0202. The largest absolute Gasteiger partial charge is 0.465 e. The van der Waals surface area contributed by atoms with Gasteiger partial charge in [-0.2, -0.15) is 0 Å². The smallest absolute Gasteiger partial charge is 0.341 e. The van der Waals surface area contributed by atoms with E-state index in [-0.39, 0.29) is 0 Å². The van der Waals surface area contributed by atoms with Crippen molar-refractivity contribution in [2.45, 2.75) is 6.54 Å². The summed E-state index contributed by atoms with van der Waals surface area (Å²) in [6.45, 7) is 0.514. The third-order valence-corrected chi connectivity index (χ3v) is 3.39. The van der Waals surface area contributed by atoms with Gasteiger partial charge in [0.05, 0.1) is 19.0 Å². The van der Waals surface area contributed by atoms with E-state index in [9.17, 15) is 4.79 Å². The maximum Gasteiger partial charge on any atom is 0.341 e. The van der Waals surface area contributed by atoms with Crippen molar-refractivity contribution >= 4 is 29.1 Å². The van der Waals surface area contributed by atoms with E-state index in [0.717, 1.165) is 5.56 Å². The molecule has 0 spiro atoms. The third-order valence-electron chi connectivity index (χ3n) is 3.02. The van der Waals surface area contributed by atoms with Crippen molar-refractivity contribution in [2.24, 2.45) is 0 Å². The molecule has 0 radical (unpaired) electrons. The first kappa shape index (κ1) is 15.1. The van der Waals surface area contributed by atoms with Crippen molar-refractivity contribution in [3.8, 4) is 0 Å². The standard InChI is InChI=1S/C15H16ClN3O2/c1-19(9-10-5-3-4-6-13(10)16)14-12(15(20)21-2)7-11(17)8-18-14/h3-8H,9,17H2,1-2H3. The molecule has 0 aliphatic carbocycles. The number of nitrogens with two attached hydrogens (primary N) is 1. The summed E-state index contributed by atoms with van der Waals surface area (Å²) in [5.41, 5.74) is 7.36. The van der Waals surface area contributed by atoms with Gasteiger partial charge < -0.3 is 15.4 Å². The third kappa shape index (κ3) is 3.44. The van der Waals surface area contributed by atoms with Crippen LogP contribution in [-0.4, -0.2) is 25.1 Å². The Hall–Kier alpha value is -2.27. The SMILES string of the molecule is COC(=O)c1cc(N)cnc1N(C)Cc1ccccc1Cl. The van der Waals surface area contributed by atoms with Gasteiger partial charge in [-0.3, -0.25) is 0 Å². The van der Waals surface area contributed by atoms with Gasteiger partial charge in [-0.15, -0.1) is 0 Å². The van der Waals surface area contributed by atoms with Crippen molar-refractivity contribution in [3.05, 3.63) is 52.7 Å². The molecular formula is C15H16ClN3O2. The second-order valence-electron chi connectivity index (χ2n) is 4.58. The van der Waals surface area contributed by atoms with Crippen molar-refractivity contribution in [3.63, 3.8) is 0 Å². The molecule has 0 saturated carbocycles. The van der Waals surface area contributed by atoms with Crippen molar-refractivity contribution in [1.82, 2.24) is 4.98 Å². The average molecular weight is 306 g/mol. The first-order valence-electron chi connectivity index (χ1n) is 6.31. The summed E-state index contributed by atoms with van der Waals surface area (Å²) >= 11 is 6.15. The Bertz CT molecular complexity index is 661. The van der Waals surface area contributed by atoms with Gasteiger partial charge in [0.1, 0.15) is 11.4 Å². The van der Waals surface area contributed by atoms with Crippen molar-refractivity contribution in [1.29, 1.82) is 0 Å². The molecule has 0 aliphatic heterocycles. The maximum absolute atomic E-state index is 11.8. The van der Waals surface area contributed by atoms with Gasteiger partial charge in [0.15, 0.2) is 0 Å². The molecule has 1 aromatic carbocycles. The fourth-order valence-corrected chi connectivity index (χ4v) is 2.19. The van der Waals surface area contributed by atoms with E-state index in [4.69, 9.17) is 22.1 Å². The summed E-state index contributed by atoms with van der Waals surface area (Å²) < 4.78 is 4.77. The lowest BCUT2D eigenvalue weighted by Gasteiger charge is -2.21. The summed E-state index contributed by atoms with van der Waals surface area (Å²) in [6.07, 6.45) is 1.50. The summed E-state index contributed by atoms with van der Waals surface area (Å²) in [5, 5.41) is 0.666. The summed E-state index contributed by atoms with van der Waals surface area (Å²) in [7, 11) is 3.15. The molecular weight excluding hydrogens is 290 g/mol. The highest BCUT2D eigenvalue weighted by Gasteiger charge is 2.17. The van der Waals surface area contributed by atoms with Gasteiger partial charge in [-0.25, -0.2) is 9.78 Å². The van der Waals surface area contributed by atoms with Gasteiger partial charge in [0.25, 0.3) is 0 Å². The number of pyridine rings is 1. The van der Waals surface area contributed by atoms with Gasteiger partial charge in [-0.1, -0.05) is 29.8 Å². The number of anilines is 2. The number of hydrogen-bond donors (Lipinski definition) is 1. The van der Waals surface area contributed by atoms with Crippen LogP contribution >= 0.6 is 11.6 Å². The fraction of sp³-hybridized carbons (Fsp3) is 0.200. The molecule has 1 aromatic heterocycles. The molecule has 0 atom stereocenters. The molecule has 2 aromatic rings. The summed E-state index contributed by atoms with van der Waals surface area (Å²) in [6, 6.07) is 9.08. The van der Waals surface area contributed by atoms with Crippen molar-refractivity contribution in [2.75, 3.05) is 24.8 Å². The zero-order valence-electron chi connectivity index (χ0n) is 11.8. The van der Waals surface area contributed by atoms with Crippen LogP contribution in [0.2, 0.25) is 5.02 Å². The zero-order chi connectivity index (χ0) is 15.4. The Morgan fingerprint density at radius 3 is 2.81 bits per heavy atom. The van der Waals surface area contributed by atoms with Crippen LogP contribution in [0.3, 0.4) is 0 Å². The number of benzene rings is 1. The van der Waals surface area contributed by atoms with Crippen LogP contribution in [0.25, 0.3) is 0 Å². The van der Waals surface area contributed by atoms with Crippen molar-refractivity contribution < 1.29 is 9.53 Å². The number of halogens is 1. The highest BCUT2D eigenvalue weighted by Crippen LogP contribution is 2.23. The number of nitrogens with zero attached hydrogens (tertiary/aromatic N) is 2. The number of methoxy groups -OCH3 is 1. The first-order chi connectivity index (χ1) is 10.0. The topological polar surface area (TPSA) is 68.5 Å². The number of nitrogen functional groups attached to an aromatic ring is 1. The maximum atomic E-state index is 11.8. The van der Waals surface area contributed by atoms with E-state index >= 15 is 0 Å². The van der Waals surface area contributed by atoms with E-state index in [2.05, 4.69) is 4.98 Å². The first-order valence-corrected chi connectivity index (χ1v) is 6.69. The van der Waals surface area contributed by atoms with Gasteiger partial charge >= 0.3 is 5.97 Å². The van der Waals surface area contributed by atoms with Gasteiger partial charge in [0, 0.05) is 18.6 Å². The van der Waals surface area contributed by atoms with Crippen LogP contribution in [0.4, 0.5) is 11.5 Å². The van der Waals surface area contributed by atoms with Gasteiger partial charge in [-0.05, 0) is 17.7 Å². The highest BCUT2D eigenvalue weighted by atomic mass is 35.5. The Balaban J connectivity index is 2.33. The van der Waals surface area contributed by atoms with Crippen LogP contribution in [0.5, 0.6) is 0 Å². The van der Waals surface area contributed by atoms with Crippen LogP contribution in [-0.2, 0) is 11.3 Å². The normalized spacial score (nSPS) is 10.2. The minimum Gasteiger partial charge on any atom is -0.465 e. The number of hydrogen-bond acceptors (Lipinski definition) is 5. The van der Waals surface area contributed by atoms with Crippen LogP contribution < -0.4 is 10.6 Å². The second-order valence-corrected chi connectivity index (χ2v) is 4.99. The number of aromatic nitrogens is 1. The predicted molar refractivity (Wildman–Crippen MR) is 83.5 cm³/mol. The number of esters is 1. The molecule has 2 N–H and O–H groups in total. The summed E-state index contributed by atoms with van der Waals surface area (Å²) in [4.78, 5) is 17.9. The molecule has 2 rings (SSSR count). The molecule has 0 unspecified atom stereocenters. The Labute approximate surface area is 128 Å². The molecule has 0 aliphatic rings. The molecule has 0 fully saturated rings. The van der Waals surface area contributed by atoms with E-state index in [1.165, 1.54) is 13.3 Å². The molecule has 5 nitrogen and oxygen atoms in total. The molecule has 0 amide bonds. The van der Waals surface area contributed by atoms with E-state index in [0.29, 0.717) is 28.6 Å². The zero-order valence-corrected chi connectivity index (χ0v) is 12.6. The highest BCUT2D eigenvalue weighted by molar-refractivity contribution is 6.31. The molecule has 6 heteroatoms. The van der Waals surface area contributed by atoms with E-state index < -0.39 is 5.97 Å². The lowest BCUT2D eigenvalue weighted by Crippen LogP contribution is -2.21. The van der Waals surface area contributed by atoms with Crippen LogP contribution in [0.15, 0.2) is 36.5 Å². The Morgan fingerprint density at radius 2 is 2.14 bits per heavy atom. The van der Waals surface area contributed by atoms with Crippen LogP contribution in [0.1, 0.15) is 15.9 Å². The molecule has 110 valence electrons. The second kappa shape index (κ2) is 6.45. The lowest BCUT2D eigenvalue weighted by molar-refractivity contribution is 0.0601. The Kier molecular flexibility index (Phi) is 4.65. The van der Waals surface area contributed by atoms with E-state index in [1.54, 1.807) is 6.07 Å². The molecule has 21 heavy (non-hydrogen) atoms. The monoisotopic (exact) mass is 305 g/mol. The van der Waals surface area contributed by atoms with Gasteiger partial charge in [0.2, 0.25) is 0 Å². The van der Waals surface area contributed by atoms with Crippen LogP contribution in [0, 0.1) is 0 Å². The quantitative estimate of drug-likeness (QED) is 0.880. The minimum absolute atomic E-state index is 0.326. The van der Waals surface area contributed by atoms with E-state index in [1.807, 2.05) is 36.2 Å². The number of ether oxygens (including phenoxy) is 1. The molecule has 1 heterocycles. The number of carbonyl (C=O) groups excluding carboxylic acids is 1. The molecule has 0 bridgehead atoms. The minimum atomic E-state index is -0.476. The lowest BCUT2D eigenvalue weighted by atomic mass is 10.2. The Morgan fingerprint density at radius 1 is 1.43 bits per heavy atom. The molecule has 0 saturated heterocycles.